The zero-order chi connectivity index (χ0) is 14.1. The number of hydrogen-bond donors (Lipinski definition) is 2. The Labute approximate surface area is 116 Å². The topological polar surface area (TPSA) is 71.2 Å². The lowest BCUT2D eigenvalue weighted by molar-refractivity contribution is 0.452. The number of pyridine rings is 1. The van der Waals surface area contributed by atoms with Crippen molar-refractivity contribution in [1.29, 1.82) is 0 Å². The van der Waals surface area contributed by atoms with Crippen molar-refractivity contribution < 1.29 is 10.2 Å². The van der Waals surface area contributed by atoms with Crippen molar-refractivity contribution in [3.63, 3.8) is 0 Å². The average Bonchev–Trinajstić information content (AvgIpc) is 2.78. The first-order valence-corrected chi connectivity index (χ1v) is 6.54. The second kappa shape index (κ2) is 4.85. The zero-order valence-corrected chi connectivity index (χ0v) is 11.1. The van der Waals surface area contributed by atoms with Crippen molar-refractivity contribution in [3.8, 4) is 22.9 Å². The molecule has 0 spiro atoms. The van der Waals surface area contributed by atoms with Crippen LogP contribution in [0.1, 0.15) is 13.3 Å². The van der Waals surface area contributed by atoms with Gasteiger partial charge in [-0.15, -0.1) is 0 Å². The summed E-state index contributed by atoms with van der Waals surface area (Å²) >= 11 is 0. The van der Waals surface area contributed by atoms with Crippen LogP contribution in [-0.4, -0.2) is 24.7 Å². The van der Waals surface area contributed by atoms with E-state index in [0.29, 0.717) is 11.4 Å². The first-order chi connectivity index (χ1) is 9.72. The minimum absolute atomic E-state index is 0.0191. The third-order valence-electron chi connectivity index (χ3n) is 3.24. The van der Waals surface area contributed by atoms with E-state index in [2.05, 4.69) is 16.9 Å². The van der Waals surface area contributed by atoms with Crippen molar-refractivity contribution in [1.82, 2.24) is 14.5 Å². The maximum Gasteiger partial charge on any atom is 0.148 e. The van der Waals surface area contributed by atoms with Crippen LogP contribution in [0.25, 0.3) is 22.4 Å². The molecule has 0 saturated carbocycles. The Bertz CT molecular complexity index is 745. The van der Waals surface area contributed by atoms with Crippen LogP contribution in [0.5, 0.6) is 11.5 Å². The standard InChI is InChI=1S/C15H15N3O2/c1-2-8-18-11-6-7-16-9-10(11)17-15(18)14-12(19)4-3-5-13(14)20/h3-7,9,19-20H,2,8H2,1H3. The van der Waals surface area contributed by atoms with E-state index in [-0.39, 0.29) is 11.5 Å². The molecule has 2 heterocycles. The van der Waals surface area contributed by atoms with Crippen LogP contribution in [0.3, 0.4) is 0 Å². The van der Waals surface area contributed by atoms with Crippen LogP contribution in [0.2, 0.25) is 0 Å². The summed E-state index contributed by atoms with van der Waals surface area (Å²) in [5, 5.41) is 20.1. The third-order valence-corrected chi connectivity index (χ3v) is 3.24. The quantitative estimate of drug-likeness (QED) is 0.767. The molecule has 0 bridgehead atoms. The third kappa shape index (κ3) is 1.87. The first kappa shape index (κ1) is 12.5. The summed E-state index contributed by atoms with van der Waals surface area (Å²) in [6, 6.07) is 6.58. The van der Waals surface area contributed by atoms with Crippen molar-refractivity contribution in [2.45, 2.75) is 19.9 Å². The van der Waals surface area contributed by atoms with E-state index in [9.17, 15) is 10.2 Å². The van der Waals surface area contributed by atoms with Crippen LogP contribution in [0.15, 0.2) is 36.7 Å². The Morgan fingerprint density at radius 1 is 1.15 bits per heavy atom. The van der Waals surface area contributed by atoms with E-state index in [1.165, 1.54) is 0 Å². The molecule has 2 N–H and O–H groups in total. The average molecular weight is 269 g/mol. The summed E-state index contributed by atoms with van der Waals surface area (Å²) in [6.07, 6.45) is 4.32. The fourth-order valence-electron chi connectivity index (χ4n) is 2.38. The zero-order valence-electron chi connectivity index (χ0n) is 11.1. The van der Waals surface area contributed by atoms with E-state index in [1.807, 2.05) is 10.6 Å². The molecule has 0 radical (unpaired) electrons. The van der Waals surface area contributed by atoms with E-state index < -0.39 is 0 Å². The molecule has 0 saturated heterocycles. The molecule has 1 aromatic carbocycles. The fourth-order valence-corrected chi connectivity index (χ4v) is 2.38. The molecular formula is C15H15N3O2. The summed E-state index contributed by atoms with van der Waals surface area (Å²) in [4.78, 5) is 8.57. The van der Waals surface area contributed by atoms with Gasteiger partial charge in [0.1, 0.15) is 28.4 Å². The van der Waals surface area contributed by atoms with Gasteiger partial charge in [-0.25, -0.2) is 4.98 Å². The first-order valence-electron chi connectivity index (χ1n) is 6.54. The number of hydrogen-bond acceptors (Lipinski definition) is 4. The highest BCUT2D eigenvalue weighted by molar-refractivity contribution is 5.83. The van der Waals surface area contributed by atoms with E-state index in [0.717, 1.165) is 24.0 Å². The summed E-state index contributed by atoms with van der Waals surface area (Å²) in [5.74, 6) is 0.599. The maximum atomic E-state index is 10.0. The van der Waals surface area contributed by atoms with Gasteiger partial charge in [-0.1, -0.05) is 13.0 Å². The van der Waals surface area contributed by atoms with Gasteiger partial charge in [-0.05, 0) is 24.6 Å². The number of fused-ring (bicyclic) bond motifs is 1. The Kier molecular flexibility index (Phi) is 3.02. The van der Waals surface area contributed by atoms with Crippen LogP contribution in [0, 0.1) is 0 Å². The Morgan fingerprint density at radius 2 is 1.90 bits per heavy atom. The molecule has 3 rings (SSSR count). The minimum atomic E-state index is 0.0191. The number of nitrogens with zero attached hydrogens (tertiary/aromatic N) is 3. The molecule has 0 aliphatic rings. The molecule has 0 aliphatic carbocycles. The molecule has 0 fully saturated rings. The smallest absolute Gasteiger partial charge is 0.148 e. The van der Waals surface area contributed by atoms with E-state index >= 15 is 0 Å². The molecule has 5 heteroatoms. The SMILES string of the molecule is CCCn1c(-c2c(O)cccc2O)nc2cnccc21. The molecule has 3 aromatic rings. The summed E-state index contributed by atoms with van der Waals surface area (Å²) < 4.78 is 1.99. The number of imidazole rings is 1. The van der Waals surface area contributed by atoms with Crippen LogP contribution < -0.4 is 0 Å². The second-order valence-electron chi connectivity index (χ2n) is 4.62. The second-order valence-corrected chi connectivity index (χ2v) is 4.62. The highest BCUT2D eigenvalue weighted by Crippen LogP contribution is 2.37. The van der Waals surface area contributed by atoms with Gasteiger partial charge < -0.3 is 14.8 Å². The Hall–Kier alpha value is -2.56. The highest BCUT2D eigenvalue weighted by atomic mass is 16.3. The molecule has 5 nitrogen and oxygen atoms in total. The predicted octanol–water partition coefficient (Wildman–Crippen LogP) is 2.92. The summed E-state index contributed by atoms with van der Waals surface area (Å²) in [6.45, 7) is 2.82. The number of aromatic hydroxyl groups is 2. The number of benzene rings is 1. The summed E-state index contributed by atoms with van der Waals surface area (Å²) in [7, 11) is 0. The molecule has 102 valence electrons. The van der Waals surface area contributed by atoms with Crippen molar-refractivity contribution in [2.75, 3.05) is 0 Å². The molecule has 0 amide bonds. The van der Waals surface area contributed by atoms with Crippen molar-refractivity contribution >= 4 is 11.0 Å². The van der Waals surface area contributed by atoms with Gasteiger partial charge in [-0.3, -0.25) is 4.98 Å². The Morgan fingerprint density at radius 3 is 2.60 bits per heavy atom. The minimum Gasteiger partial charge on any atom is -0.507 e. The molecule has 0 aliphatic heterocycles. The largest absolute Gasteiger partial charge is 0.507 e. The van der Waals surface area contributed by atoms with Gasteiger partial charge in [0.2, 0.25) is 0 Å². The number of aryl methyl sites for hydroxylation is 1. The van der Waals surface area contributed by atoms with Crippen LogP contribution in [-0.2, 0) is 6.54 Å². The lowest BCUT2D eigenvalue weighted by atomic mass is 10.1. The number of aromatic nitrogens is 3. The molecule has 2 aromatic heterocycles. The lowest BCUT2D eigenvalue weighted by Gasteiger charge is -2.10. The molecule has 0 unspecified atom stereocenters. The summed E-state index contributed by atoms with van der Waals surface area (Å²) in [5.41, 5.74) is 2.05. The van der Waals surface area contributed by atoms with Crippen molar-refractivity contribution in [3.05, 3.63) is 36.7 Å². The Balaban J connectivity index is 2.33. The molecular weight excluding hydrogens is 254 g/mol. The number of phenolic OH excluding ortho intramolecular Hbond substituents is 2. The van der Waals surface area contributed by atoms with Gasteiger partial charge >= 0.3 is 0 Å². The van der Waals surface area contributed by atoms with Gasteiger partial charge in [0.05, 0.1) is 11.7 Å². The molecule has 20 heavy (non-hydrogen) atoms. The number of rotatable bonds is 3. The number of phenols is 2. The van der Waals surface area contributed by atoms with Crippen LogP contribution >= 0.6 is 0 Å². The molecule has 0 atom stereocenters. The van der Waals surface area contributed by atoms with Crippen LogP contribution in [0.4, 0.5) is 0 Å². The van der Waals surface area contributed by atoms with Gasteiger partial charge in [0.25, 0.3) is 0 Å². The van der Waals surface area contributed by atoms with E-state index in [1.54, 1.807) is 30.6 Å². The fraction of sp³-hybridized carbons (Fsp3) is 0.200. The van der Waals surface area contributed by atoms with E-state index in [4.69, 9.17) is 0 Å². The maximum absolute atomic E-state index is 10.0. The monoisotopic (exact) mass is 269 g/mol. The normalized spacial score (nSPS) is 11.1. The highest BCUT2D eigenvalue weighted by Gasteiger charge is 2.18. The van der Waals surface area contributed by atoms with Gasteiger partial charge in [0.15, 0.2) is 0 Å². The van der Waals surface area contributed by atoms with Gasteiger partial charge in [0, 0.05) is 12.7 Å². The van der Waals surface area contributed by atoms with Crippen molar-refractivity contribution in [2.24, 2.45) is 0 Å². The van der Waals surface area contributed by atoms with Gasteiger partial charge in [-0.2, -0.15) is 0 Å². The lowest BCUT2D eigenvalue weighted by Crippen LogP contribution is -2.00. The predicted molar refractivity (Wildman–Crippen MR) is 76.6 cm³/mol.